The maximum atomic E-state index is 9.18. The number of nitrogens with one attached hydrogen (secondary N) is 1. The molecule has 0 aliphatic heterocycles. The van der Waals surface area contributed by atoms with E-state index in [4.69, 9.17) is 9.47 Å². The predicted octanol–water partition coefficient (Wildman–Crippen LogP) is 1.85. The number of hydrogen-bond acceptors (Lipinski definition) is 4. The molecule has 4 nitrogen and oxygen atoms in total. The van der Waals surface area contributed by atoms with E-state index in [-0.39, 0.29) is 12.0 Å². The molecule has 1 aromatic carbocycles. The Morgan fingerprint density at radius 2 is 1.95 bits per heavy atom. The molecule has 108 valence electrons. The minimum Gasteiger partial charge on any atom is -0.497 e. The van der Waals surface area contributed by atoms with Gasteiger partial charge in [-0.25, -0.2) is 0 Å². The minimum absolute atomic E-state index is 0.0794. The Kier molecular flexibility index (Phi) is 6.12. The molecule has 0 aromatic heterocycles. The van der Waals surface area contributed by atoms with Crippen molar-refractivity contribution in [2.75, 3.05) is 33.9 Å². The Morgan fingerprint density at radius 1 is 1.21 bits per heavy atom. The Labute approximate surface area is 115 Å². The first kappa shape index (κ1) is 15.8. The van der Waals surface area contributed by atoms with Crippen molar-refractivity contribution in [1.82, 2.24) is 5.32 Å². The van der Waals surface area contributed by atoms with Crippen LogP contribution in [0.1, 0.15) is 19.4 Å². The molecule has 1 aromatic rings. The number of aliphatic hydroxyl groups is 1. The van der Waals surface area contributed by atoms with Crippen LogP contribution >= 0.6 is 0 Å². The highest BCUT2D eigenvalue weighted by molar-refractivity contribution is 5.40. The summed E-state index contributed by atoms with van der Waals surface area (Å²) in [6.45, 7) is 5.90. The zero-order chi connectivity index (χ0) is 14.3. The largest absolute Gasteiger partial charge is 0.497 e. The molecule has 0 amide bonds. The number of hydrogen-bond donors (Lipinski definition) is 2. The lowest BCUT2D eigenvalue weighted by Gasteiger charge is -2.22. The Morgan fingerprint density at radius 3 is 2.53 bits per heavy atom. The van der Waals surface area contributed by atoms with Gasteiger partial charge in [0, 0.05) is 24.6 Å². The second-order valence-electron chi connectivity index (χ2n) is 5.43. The fourth-order valence-electron chi connectivity index (χ4n) is 1.76. The van der Waals surface area contributed by atoms with Crippen molar-refractivity contribution in [1.29, 1.82) is 0 Å². The summed E-state index contributed by atoms with van der Waals surface area (Å²) in [5.41, 5.74) is 1.07. The summed E-state index contributed by atoms with van der Waals surface area (Å²) >= 11 is 0. The third kappa shape index (κ3) is 5.09. The molecule has 0 saturated heterocycles. The van der Waals surface area contributed by atoms with Gasteiger partial charge in [-0.1, -0.05) is 19.9 Å². The molecule has 0 saturated carbocycles. The molecule has 0 bridgehead atoms. The molecule has 0 fully saturated rings. The Hall–Kier alpha value is -1.26. The molecular weight excluding hydrogens is 242 g/mol. The van der Waals surface area contributed by atoms with E-state index in [0.717, 1.165) is 36.6 Å². The molecule has 2 N–H and O–H groups in total. The van der Waals surface area contributed by atoms with Crippen LogP contribution in [-0.4, -0.2) is 39.0 Å². The van der Waals surface area contributed by atoms with Crippen molar-refractivity contribution in [3.8, 4) is 11.5 Å². The molecule has 0 heterocycles. The molecule has 1 rings (SSSR count). The summed E-state index contributed by atoms with van der Waals surface area (Å²) < 4.78 is 10.5. The highest BCUT2D eigenvalue weighted by Crippen LogP contribution is 2.24. The van der Waals surface area contributed by atoms with Gasteiger partial charge in [0.1, 0.15) is 11.5 Å². The van der Waals surface area contributed by atoms with E-state index in [9.17, 15) is 5.11 Å². The van der Waals surface area contributed by atoms with E-state index in [1.54, 1.807) is 14.2 Å². The highest BCUT2D eigenvalue weighted by atomic mass is 16.5. The maximum absolute atomic E-state index is 9.18. The maximum Gasteiger partial charge on any atom is 0.125 e. The molecule has 0 aliphatic carbocycles. The van der Waals surface area contributed by atoms with Gasteiger partial charge < -0.3 is 19.9 Å². The molecule has 0 aliphatic rings. The van der Waals surface area contributed by atoms with Crippen molar-refractivity contribution >= 4 is 0 Å². The summed E-state index contributed by atoms with van der Waals surface area (Å²) in [6, 6.07) is 5.86. The van der Waals surface area contributed by atoms with Gasteiger partial charge in [0.05, 0.1) is 14.2 Å². The summed E-state index contributed by atoms with van der Waals surface area (Å²) in [5, 5.41) is 12.5. The van der Waals surface area contributed by atoms with Crippen molar-refractivity contribution < 1.29 is 14.6 Å². The zero-order valence-electron chi connectivity index (χ0n) is 12.3. The quantitative estimate of drug-likeness (QED) is 0.706. The van der Waals surface area contributed by atoms with Crippen LogP contribution in [0.4, 0.5) is 0 Å². The standard InChI is InChI=1S/C15H25NO3/c1-15(2,11-17)10-16-8-7-12-5-6-13(18-3)9-14(12)19-4/h5-6,9,16-17H,7-8,10-11H2,1-4H3. The van der Waals surface area contributed by atoms with Crippen LogP contribution in [0.25, 0.3) is 0 Å². The third-order valence-electron chi connectivity index (χ3n) is 3.10. The van der Waals surface area contributed by atoms with Crippen LogP contribution in [0.3, 0.4) is 0 Å². The number of ether oxygens (including phenoxy) is 2. The van der Waals surface area contributed by atoms with Crippen LogP contribution in [-0.2, 0) is 6.42 Å². The van der Waals surface area contributed by atoms with Gasteiger partial charge in [-0.15, -0.1) is 0 Å². The summed E-state index contributed by atoms with van der Waals surface area (Å²) in [6.07, 6.45) is 0.884. The van der Waals surface area contributed by atoms with Crippen LogP contribution in [0.2, 0.25) is 0 Å². The monoisotopic (exact) mass is 267 g/mol. The molecular formula is C15H25NO3. The molecule has 0 spiro atoms. The van der Waals surface area contributed by atoms with Crippen LogP contribution < -0.4 is 14.8 Å². The second kappa shape index (κ2) is 7.36. The molecule has 0 atom stereocenters. The van der Waals surface area contributed by atoms with E-state index in [0.29, 0.717) is 0 Å². The molecule has 0 radical (unpaired) electrons. The summed E-state index contributed by atoms with van der Waals surface area (Å²) in [7, 11) is 3.31. The van der Waals surface area contributed by atoms with Gasteiger partial charge in [0.15, 0.2) is 0 Å². The number of methoxy groups -OCH3 is 2. The molecule has 4 heteroatoms. The fraction of sp³-hybridized carbons (Fsp3) is 0.600. The van der Waals surface area contributed by atoms with E-state index in [2.05, 4.69) is 5.32 Å². The third-order valence-corrected chi connectivity index (χ3v) is 3.10. The van der Waals surface area contributed by atoms with Gasteiger partial charge in [-0.2, -0.15) is 0 Å². The summed E-state index contributed by atoms with van der Waals surface area (Å²) in [4.78, 5) is 0. The summed E-state index contributed by atoms with van der Waals surface area (Å²) in [5.74, 6) is 1.65. The first-order valence-electron chi connectivity index (χ1n) is 6.55. The SMILES string of the molecule is COc1ccc(CCNCC(C)(C)CO)c(OC)c1. The molecule has 0 unspecified atom stereocenters. The number of rotatable bonds is 8. The number of aliphatic hydroxyl groups excluding tert-OH is 1. The lowest BCUT2D eigenvalue weighted by atomic mass is 9.95. The Balaban J connectivity index is 2.49. The van der Waals surface area contributed by atoms with Gasteiger partial charge in [0.2, 0.25) is 0 Å². The van der Waals surface area contributed by atoms with Crippen LogP contribution in [0.15, 0.2) is 18.2 Å². The average Bonchev–Trinajstić information content (AvgIpc) is 2.43. The van der Waals surface area contributed by atoms with E-state index in [1.165, 1.54) is 0 Å². The predicted molar refractivity (Wildman–Crippen MR) is 77.0 cm³/mol. The second-order valence-corrected chi connectivity index (χ2v) is 5.43. The first-order chi connectivity index (χ1) is 9.02. The number of benzene rings is 1. The normalized spacial score (nSPS) is 11.4. The van der Waals surface area contributed by atoms with Crippen molar-refractivity contribution in [3.63, 3.8) is 0 Å². The average molecular weight is 267 g/mol. The first-order valence-corrected chi connectivity index (χ1v) is 6.55. The smallest absolute Gasteiger partial charge is 0.125 e. The minimum atomic E-state index is -0.0794. The van der Waals surface area contributed by atoms with E-state index in [1.807, 2.05) is 32.0 Å². The van der Waals surface area contributed by atoms with Crippen molar-refractivity contribution in [2.45, 2.75) is 20.3 Å². The van der Waals surface area contributed by atoms with Gasteiger partial charge in [-0.05, 0) is 24.6 Å². The lowest BCUT2D eigenvalue weighted by molar-refractivity contribution is 0.157. The van der Waals surface area contributed by atoms with Crippen LogP contribution in [0.5, 0.6) is 11.5 Å². The van der Waals surface area contributed by atoms with Gasteiger partial charge >= 0.3 is 0 Å². The van der Waals surface area contributed by atoms with Crippen molar-refractivity contribution in [2.24, 2.45) is 5.41 Å². The van der Waals surface area contributed by atoms with Crippen LogP contribution in [0, 0.1) is 5.41 Å². The van der Waals surface area contributed by atoms with E-state index >= 15 is 0 Å². The Bertz CT molecular complexity index is 391. The van der Waals surface area contributed by atoms with E-state index < -0.39 is 0 Å². The van der Waals surface area contributed by atoms with Gasteiger partial charge in [-0.3, -0.25) is 0 Å². The lowest BCUT2D eigenvalue weighted by Crippen LogP contribution is -2.33. The van der Waals surface area contributed by atoms with Gasteiger partial charge in [0.25, 0.3) is 0 Å². The fourth-order valence-corrected chi connectivity index (χ4v) is 1.76. The molecule has 19 heavy (non-hydrogen) atoms. The zero-order valence-corrected chi connectivity index (χ0v) is 12.3. The van der Waals surface area contributed by atoms with Crippen molar-refractivity contribution in [3.05, 3.63) is 23.8 Å². The topological polar surface area (TPSA) is 50.7 Å². The highest BCUT2D eigenvalue weighted by Gasteiger charge is 2.15.